The van der Waals surface area contributed by atoms with Crippen molar-refractivity contribution in [1.29, 1.82) is 0 Å². The Balaban J connectivity index is 1.70. The van der Waals surface area contributed by atoms with E-state index in [-0.39, 0.29) is 29.7 Å². The standard InChI is InChI=1S/C20H23N3O5S/c1-13-5-4-6-15(7-13)10-21-19(24)11-23(3)29(26,27)18-9-17-16(8-14(18)2)22-20(25)12-28-17/h4-9H,10-12H2,1-3H3,(H,21,24)(H,22,25). The number of amides is 2. The summed E-state index contributed by atoms with van der Waals surface area (Å²) >= 11 is 0. The minimum Gasteiger partial charge on any atom is -0.482 e. The number of sulfonamides is 1. The molecule has 29 heavy (non-hydrogen) atoms. The smallest absolute Gasteiger partial charge is 0.262 e. The number of fused-ring (bicyclic) bond motifs is 1. The lowest BCUT2D eigenvalue weighted by Gasteiger charge is -2.22. The fourth-order valence-corrected chi connectivity index (χ4v) is 4.37. The number of nitrogens with one attached hydrogen (secondary N) is 2. The molecule has 2 amide bonds. The van der Waals surface area contributed by atoms with Gasteiger partial charge in [-0.25, -0.2) is 8.42 Å². The lowest BCUT2D eigenvalue weighted by atomic mass is 10.1. The molecule has 2 aromatic carbocycles. The molecule has 0 aliphatic carbocycles. The molecule has 1 aliphatic rings. The Kier molecular flexibility index (Phi) is 5.90. The average Bonchev–Trinajstić information content (AvgIpc) is 2.65. The first kappa shape index (κ1) is 20.8. The van der Waals surface area contributed by atoms with Crippen molar-refractivity contribution in [2.24, 2.45) is 0 Å². The second kappa shape index (κ2) is 8.22. The van der Waals surface area contributed by atoms with Crippen molar-refractivity contribution in [1.82, 2.24) is 9.62 Å². The molecule has 0 spiro atoms. The first-order valence-electron chi connectivity index (χ1n) is 9.02. The van der Waals surface area contributed by atoms with E-state index in [0.29, 0.717) is 17.8 Å². The largest absolute Gasteiger partial charge is 0.482 e. The summed E-state index contributed by atoms with van der Waals surface area (Å²) in [5, 5.41) is 5.37. The summed E-state index contributed by atoms with van der Waals surface area (Å²) in [6.45, 7) is 3.41. The molecule has 154 valence electrons. The van der Waals surface area contributed by atoms with Crippen LogP contribution in [0.25, 0.3) is 0 Å². The van der Waals surface area contributed by atoms with Crippen LogP contribution in [0.2, 0.25) is 0 Å². The van der Waals surface area contributed by atoms with Gasteiger partial charge in [-0.2, -0.15) is 4.31 Å². The van der Waals surface area contributed by atoms with Crippen LogP contribution < -0.4 is 15.4 Å². The number of anilines is 1. The van der Waals surface area contributed by atoms with Crippen LogP contribution in [0, 0.1) is 13.8 Å². The van der Waals surface area contributed by atoms with E-state index in [1.165, 1.54) is 13.1 Å². The van der Waals surface area contributed by atoms with E-state index >= 15 is 0 Å². The quantitative estimate of drug-likeness (QED) is 0.742. The Morgan fingerprint density at radius 3 is 2.72 bits per heavy atom. The van der Waals surface area contributed by atoms with Crippen LogP contribution in [0.3, 0.4) is 0 Å². The number of benzene rings is 2. The molecule has 9 heteroatoms. The van der Waals surface area contributed by atoms with Crippen molar-refractivity contribution in [3.8, 4) is 5.75 Å². The summed E-state index contributed by atoms with van der Waals surface area (Å²) in [4.78, 5) is 23.7. The van der Waals surface area contributed by atoms with Crippen molar-refractivity contribution in [2.45, 2.75) is 25.3 Å². The molecule has 0 radical (unpaired) electrons. The first-order chi connectivity index (χ1) is 13.7. The molecule has 1 heterocycles. The normalized spacial score (nSPS) is 13.4. The van der Waals surface area contributed by atoms with Gasteiger partial charge in [-0.1, -0.05) is 29.8 Å². The third-order valence-electron chi connectivity index (χ3n) is 4.54. The predicted octanol–water partition coefficient (Wildman–Crippen LogP) is 1.57. The fourth-order valence-electron chi connectivity index (χ4n) is 3.03. The van der Waals surface area contributed by atoms with Crippen LogP contribution in [0.1, 0.15) is 16.7 Å². The molecule has 0 bridgehead atoms. The Hall–Kier alpha value is -2.91. The third kappa shape index (κ3) is 4.75. The van der Waals surface area contributed by atoms with Gasteiger partial charge in [0.1, 0.15) is 5.75 Å². The van der Waals surface area contributed by atoms with Crippen molar-refractivity contribution in [3.63, 3.8) is 0 Å². The minimum absolute atomic E-state index is 0.0291. The van der Waals surface area contributed by atoms with Crippen molar-refractivity contribution >= 4 is 27.5 Å². The molecule has 2 N–H and O–H groups in total. The highest BCUT2D eigenvalue weighted by molar-refractivity contribution is 7.89. The molecule has 8 nitrogen and oxygen atoms in total. The van der Waals surface area contributed by atoms with Crippen molar-refractivity contribution < 1.29 is 22.7 Å². The predicted molar refractivity (Wildman–Crippen MR) is 108 cm³/mol. The van der Waals surface area contributed by atoms with Gasteiger partial charge in [0.2, 0.25) is 15.9 Å². The highest BCUT2D eigenvalue weighted by Crippen LogP contribution is 2.33. The number of likely N-dealkylation sites (N-methyl/N-ethyl adjacent to an activating group) is 1. The zero-order valence-electron chi connectivity index (χ0n) is 16.5. The van der Waals surface area contributed by atoms with E-state index in [4.69, 9.17) is 4.74 Å². The van der Waals surface area contributed by atoms with Gasteiger partial charge in [-0.15, -0.1) is 0 Å². The van der Waals surface area contributed by atoms with Crippen LogP contribution in [-0.4, -0.2) is 44.7 Å². The molecular formula is C20H23N3O5S. The molecule has 2 aromatic rings. The number of carbonyl (C=O) groups is 2. The van der Waals surface area contributed by atoms with Gasteiger partial charge in [0.15, 0.2) is 6.61 Å². The topological polar surface area (TPSA) is 105 Å². The second-order valence-electron chi connectivity index (χ2n) is 6.98. The van der Waals surface area contributed by atoms with E-state index in [1.807, 2.05) is 31.2 Å². The average molecular weight is 417 g/mol. The molecule has 0 atom stereocenters. The molecule has 0 fully saturated rings. The van der Waals surface area contributed by atoms with Gasteiger partial charge >= 0.3 is 0 Å². The van der Waals surface area contributed by atoms with Gasteiger partial charge in [0.05, 0.1) is 17.1 Å². The molecule has 0 aromatic heterocycles. The maximum absolute atomic E-state index is 13.0. The van der Waals surface area contributed by atoms with Crippen LogP contribution in [-0.2, 0) is 26.2 Å². The van der Waals surface area contributed by atoms with E-state index in [2.05, 4.69) is 10.6 Å². The molecule has 0 saturated heterocycles. The van der Waals surface area contributed by atoms with E-state index < -0.39 is 15.9 Å². The van der Waals surface area contributed by atoms with E-state index in [9.17, 15) is 18.0 Å². The molecule has 0 saturated carbocycles. The monoisotopic (exact) mass is 417 g/mol. The first-order valence-corrected chi connectivity index (χ1v) is 10.5. The fraction of sp³-hybridized carbons (Fsp3) is 0.300. The lowest BCUT2D eigenvalue weighted by molar-refractivity contribution is -0.121. The number of hydrogen-bond acceptors (Lipinski definition) is 5. The van der Waals surface area contributed by atoms with Crippen LogP contribution in [0.4, 0.5) is 5.69 Å². The Labute approximate surface area is 169 Å². The summed E-state index contributed by atoms with van der Waals surface area (Å²) in [6, 6.07) is 10.6. The zero-order chi connectivity index (χ0) is 21.2. The van der Waals surface area contributed by atoms with Crippen molar-refractivity contribution in [3.05, 3.63) is 53.1 Å². The molecule has 0 unspecified atom stereocenters. The highest BCUT2D eigenvalue weighted by Gasteiger charge is 2.28. The Morgan fingerprint density at radius 1 is 1.24 bits per heavy atom. The minimum atomic E-state index is -3.92. The Morgan fingerprint density at radius 2 is 2.00 bits per heavy atom. The van der Waals surface area contributed by atoms with E-state index in [1.54, 1.807) is 13.0 Å². The van der Waals surface area contributed by atoms with E-state index in [0.717, 1.165) is 15.4 Å². The number of ether oxygens (including phenoxy) is 1. The molecule has 1 aliphatic heterocycles. The Bertz CT molecular complexity index is 1070. The number of nitrogens with zero attached hydrogens (tertiary/aromatic N) is 1. The number of hydrogen-bond donors (Lipinski definition) is 2. The van der Waals surface area contributed by atoms with Crippen molar-refractivity contribution in [2.75, 3.05) is 25.5 Å². The number of aryl methyl sites for hydroxylation is 2. The van der Waals surface area contributed by atoms with Crippen LogP contribution >= 0.6 is 0 Å². The summed E-state index contributed by atoms with van der Waals surface area (Å²) < 4.78 is 32.2. The van der Waals surface area contributed by atoms with Crippen LogP contribution in [0.15, 0.2) is 41.3 Å². The van der Waals surface area contributed by atoms with Gasteiger partial charge in [-0.05, 0) is 31.0 Å². The third-order valence-corrected chi connectivity index (χ3v) is 6.48. The SMILES string of the molecule is Cc1cccc(CNC(=O)CN(C)S(=O)(=O)c2cc3c(cc2C)NC(=O)CO3)c1. The summed E-state index contributed by atoms with van der Waals surface area (Å²) in [5.74, 6) is -0.419. The summed E-state index contributed by atoms with van der Waals surface area (Å²) in [6.07, 6.45) is 0. The maximum Gasteiger partial charge on any atom is 0.262 e. The van der Waals surface area contributed by atoms with Crippen LogP contribution in [0.5, 0.6) is 5.75 Å². The van der Waals surface area contributed by atoms with Gasteiger partial charge in [0.25, 0.3) is 5.91 Å². The summed E-state index contributed by atoms with van der Waals surface area (Å²) in [5.41, 5.74) is 2.89. The zero-order valence-corrected chi connectivity index (χ0v) is 17.3. The number of rotatable bonds is 6. The lowest BCUT2D eigenvalue weighted by Crippen LogP contribution is -2.38. The van der Waals surface area contributed by atoms with Gasteiger partial charge < -0.3 is 15.4 Å². The number of carbonyl (C=O) groups excluding carboxylic acids is 2. The highest BCUT2D eigenvalue weighted by atomic mass is 32.2. The maximum atomic E-state index is 13.0. The van der Waals surface area contributed by atoms with Gasteiger partial charge in [0, 0.05) is 19.7 Å². The molecular weight excluding hydrogens is 394 g/mol. The van der Waals surface area contributed by atoms with Gasteiger partial charge in [-0.3, -0.25) is 9.59 Å². The summed E-state index contributed by atoms with van der Waals surface area (Å²) in [7, 11) is -2.57. The second-order valence-corrected chi connectivity index (χ2v) is 8.99. The molecule has 3 rings (SSSR count).